The maximum Gasteiger partial charge on any atom is 0.177 e. The molecule has 114 valence electrons. The Morgan fingerprint density at radius 3 is 2.61 bits per heavy atom. The molecule has 1 heterocycles. The van der Waals surface area contributed by atoms with E-state index in [0.29, 0.717) is 18.4 Å². The van der Waals surface area contributed by atoms with Crippen molar-refractivity contribution in [3.63, 3.8) is 0 Å². The summed E-state index contributed by atoms with van der Waals surface area (Å²) in [6.45, 7) is 0.494. The van der Waals surface area contributed by atoms with Gasteiger partial charge in [-0.3, -0.25) is 4.79 Å². The second-order valence-electron chi connectivity index (χ2n) is 6.93. The van der Waals surface area contributed by atoms with E-state index in [4.69, 9.17) is 4.74 Å². The summed E-state index contributed by atoms with van der Waals surface area (Å²) in [6.07, 6.45) is 5.62. The summed E-state index contributed by atoms with van der Waals surface area (Å²) in [4.78, 5) is 13.5. The molecule has 2 aromatic carbocycles. The zero-order chi connectivity index (χ0) is 15.4. The molecular formula is C21H18O2. The molecule has 2 nitrogen and oxygen atoms in total. The predicted octanol–water partition coefficient (Wildman–Crippen LogP) is 4.24. The molecule has 1 fully saturated rings. The molecule has 3 aliphatic rings. The summed E-state index contributed by atoms with van der Waals surface area (Å²) in [6, 6.07) is 18.2. The van der Waals surface area contributed by atoms with E-state index in [2.05, 4.69) is 36.4 Å². The Morgan fingerprint density at radius 1 is 0.957 bits per heavy atom. The second-order valence-corrected chi connectivity index (χ2v) is 6.93. The fourth-order valence-electron chi connectivity index (χ4n) is 4.97. The molecule has 1 aliphatic heterocycles. The number of Topliss-reactive ketones (excluding diaryl/α,β-unsaturated/α-hetero) is 1. The van der Waals surface area contributed by atoms with Gasteiger partial charge in [-0.1, -0.05) is 54.6 Å². The first-order valence-corrected chi connectivity index (χ1v) is 8.30. The third kappa shape index (κ3) is 1.61. The highest BCUT2D eigenvalue weighted by Gasteiger charge is 2.62. The summed E-state index contributed by atoms with van der Waals surface area (Å²) >= 11 is 0. The SMILES string of the molecule is O=C1c2ccccc2OC[C@@]12[C@H](c1ccccc1)[C@@H]1C=C[C@H]2C1. The summed E-state index contributed by atoms with van der Waals surface area (Å²) in [5.74, 6) is 1.96. The third-order valence-corrected chi connectivity index (χ3v) is 5.94. The average Bonchev–Trinajstić information content (AvgIpc) is 3.20. The number of hydrogen-bond donors (Lipinski definition) is 0. The minimum Gasteiger partial charge on any atom is -0.492 e. The van der Waals surface area contributed by atoms with Gasteiger partial charge < -0.3 is 4.74 Å². The average molecular weight is 302 g/mol. The smallest absolute Gasteiger partial charge is 0.177 e. The van der Waals surface area contributed by atoms with Gasteiger partial charge in [-0.05, 0) is 36.0 Å². The number of benzene rings is 2. The van der Waals surface area contributed by atoms with Crippen LogP contribution in [0.1, 0.15) is 28.3 Å². The van der Waals surface area contributed by atoms with Gasteiger partial charge in [-0.2, -0.15) is 0 Å². The number of ketones is 1. The number of para-hydroxylation sites is 1. The molecule has 2 bridgehead atoms. The van der Waals surface area contributed by atoms with Crippen LogP contribution in [0.3, 0.4) is 0 Å². The Bertz CT molecular complexity index is 808. The molecule has 4 atom stereocenters. The van der Waals surface area contributed by atoms with Crippen LogP contribution in [-0.4, -0.2) is 12.4 Å². The summed E-state index contributed by atoms with van der Waals surface area (Å²) in [7, 11) is 0. The van der Waals surface area contributed by atoms with Crippen molar-refractivity contribution in [3.05, 3.63) is 77.9 Å². The molecule has 0 aromatic heterocycles. The van der Waals surface area contributed by atoms with Gasteiger partial charge in [-0.25, -0.2) is 0 Å². The zero-order valence-electron chi connectivity index (χ0n) is 12.8. The minimum absolute atomic E-state index is 0.222. The van der Waals surface area contributed by atoms with Gasteiger partial charge in [0.05, 0.1) is 11.0 Å². The fourth-order valence-corrected chi connectivity index (χ4v) is 4.97. The van der Waals surface area contributed by atoms with E-state index in [1.807, 2.05) is 30.3 Å². The molecule has 1 spiro atoms. The third-order valence-electron chi connectivity index (χ3n) is 5.94. The second kappa shape index (κ2) is 4.58. The van der Waals surface area contributed by atoms with E-state index in [1.54, 1.807) is 0 Å². The Labute approximate surface area is 135 Å². The molecular weight excluding hydrogens is 284 g/mol. The monoisotopic (exact) mass is 302 g/mol. The number of carbonyl (C=O) groups excluding carboxylic acids is 1. The van der Waals surface area contributed by atoms with Gasteiger partial charge in [0.1, 0.15) is 12.4 Å². The largest absolute Gasteiger partial charge is 0.492 e. The molecule has 0 saturated heterocycles. The maximum atomic E-state index is 13.5. The molecule has 0 unspecified atom stereocenters. The summed E-state index contributed by atoms with van der Waals surface area (Å²) < 4.78 is 6.08. The molecule has 2 aromatic rings. The molecule has 5 rings (SSSR count). The number of fused-ring (bicyclic) bond motifs is 4. The van der Waals surface area contributed by atoms with E-state index in [9.17, 15) is 4.79 Å². The number of carbonyl (C=O) groups is 1. The van der Waals surface area contributed by atoms with Gasteiger partial charge in [-0.15, -0.1) is 0 Å². The van der Waals surface area contributed by atoms with E-state index in [0.717, 1.165) is 17.7 Å². The van der Waals surface area contributed by atoms with Gasteiger partial charge in [0.2, 0.25) is 0 Å². The molecule has 2 aliphatic carbocycles. The Kier molecular flexibility index (Phi) is 2.61. The van der Waals surface area contributed by atoms with Crippen LogP contribution in [0, 0.1) is 17.3 Å². The van der Waals surface area contributed by atoms with Crippen LogP contribution in [0.4, 0.5) is 0 Å². The van der Waals surface area contributed by atoms with Crippen LogP contribution < -0.4 is 4.74 Å². The summed E-state index contributed by atoms with van der Waals surface area (Å²) in [5, 5.41) is 0. The molecule has 2 heteroatoms. The van der Waals surface area contributed by atoms with Crippen molar-refractivity contribution in [2.45, 2.75) is 12.3 Å². The van der Waals surface area contributed by atoms with Crippen molar-refractivity contribution in [3.8, 4) is 5.75 Å². The topological polar surface area (TPSA) is 26.3 Å². The van der Waals surface area contributed by atoms with Crippen molar-refractivity contribution < 1.29 is 9.53 Å². The molecule has 0 radical (unpaired) electrons. The van der Waals surface area contributed by atoms with E-state index in [-0.39, 0.29) is 11.7 Å². The van der Waals surface area contributed by atoms with Crippen LogP contribution in [0.15, 0.2) is 66.7 Å². The fraction of sp³-hybridized carbons (Fsp3) is 0.286. The lowest BCUT2D eigenvalue weighted by Gasteiger charge is -2.43. The standard InChI is InChI=1S/C21H18O2/c22-20-17-8-4-5-9-18(17)23-13-21(20)16-11-10-15(12-16)19(21)14-6-2-1-3-7-14/h1-11,15-16,19H,12-13H2/t15-,16+,19-,21-/m1/s1. The van der Waals surface area contributed by atoms with E-state index in [1.165, 1.54) is 5.56 Å². The van der Waals surface area contributed by atoms with Crippen LogP contribution in [0.5, 0.6) is 5.75 Å². The predicted molar refractivity (Wildman–Crippen MR) is 88.6 cm³/mol. The van der Waals surface area contributed by atoms with Crippen LogP contribution >= 0.6 is 0 Å². The highest BCUT2D eigenvalue weighted by Crippen LogP contribution is 2.63. The van der Waals surface area contributed by atoms with Crippen molar-refractivity contribution in [2.24, 2.45) is 17.3 Å². The number of ether oxygens (including phenoxy) is 1. The Balaban J connectivity index is 1.69. The maximum absolute atomic E-state index is 13.5. The zero-order valence-corrected chi connectivity index (χ0v) is 12.8. The normalized spacial score (nSPS) is 33.7. The van der Waals surface area contributed by atoms with Crippen molar-refractivity contribution in [1.82, 2.24) is 0 Å². The lowest BCUT2D eigenvalue weighted by Crippen LogP contribution is -2.48. The van der Waals surface area contributed by atoms with Crippen LogP contribution in [-0.2, 0) is 0 Å². The molecule has 1 saturated carbocycles. The Hall–Kier alpha value is -2.35. The molecule has 23 heavy (non-hydrogen) atoms. The highest BCUT2D eigenvalue weighted by molar-refractivity contribution is 6.05. The van der Waals surface area contributed by atoms with Gasteiger partial charge in [0.15, 0.2) is 5.78 Å². The van der Waals surface area contributed by atoms with Crippen molar-refractivity contribution in [1.29, 1.82) is 0 Å². The first-order chi connectivity index (χ1) is 11.3. The van der Waals surface area contributed by atoms with Crippen LogP contribution in [0.2, 0.25) is 0 Å². The lowest BCUT2D eigenvalue weighted by molar-refractivity contribution is 0.0461. The first-order valence-electron chi connectivity index (χ1n) is 8.30. The number of allylic oxidation sites excluding steroid dienone is 2. The molecule has 0 amide bonds. The Morgan fingerprint density at radius 2 is 1.74 bits per heavy atom. The van der Waals surface area contributed by atoms with Crippen LogP contribution in [0.25, 0.3) is 0 Å². The highest BCUT2D eigenvalue weighted by atomic mass is 16.5. The van der Waals surface area contributed by atoms with Crippen molar-refractivity contribution >= 4 is 5.78 Å². The first kappa shape index (κ1) is 13.1. The van der Waals surface area contributed by atoms with Gasteiger partial charge in [0.25, 0.3) is 0 Å². The summed E-state index contributed by atoms with van der Waals surface area (Å²) in [5.41, 5.74) is 1.58. The van der Waals surface area contributed by atoms with Gasteiger partial charge in [0, 0.05) is 5.92 Å². The van der Waals surface area contributed by atoms with E-state index < -0.39 is 5.41 Å². The minimum atomic E-state index is -0.435. The van der Waals surface area contributed by atoms with Crippen molar-refractivity contribution in [2.75, 3.05) is 6.61 Å². The lowest BCUT2D eigenvalue weighted by atomic mass is 9.62. The van der Waals surface area contributed by atoms with E-state index >= 15 is 0 Å². The van der Waals surface area contributed by atoms with Gasteiger partial charge >= 0.3 is 0 Å². The quantitative estimate of drug-likeness (QED) is 0.737. The molecule has 0 N–H and O–H groups in total. The number of hydrogen-bond acceptors (Lipinski definition) is 2. The number of rotatable bonds is 1.